The molecule has 3 heterocycles. The van der Waals surface area contributed by atoms with E-state index in [2.05, 4.69) is 10.1 Å². The minimum atomic E-state index is -0.313. The Bertz CT molecular complexity index is 916. The molecule has 0 aliphatic carbocycles. The van der Waals surface area contributed by atoms with Gasteiger partial charge in [0.2, 0.25) is 11.7 Å². The normalized spacial score (nSPS) is 17.5. The first kappa shape index (κ1) is 16.5. The van der Waals surface area contributed by atoms with E-state index in [1.165, 1.54) is 18.4 Å². The van der Waals surface area contributed by atoms with Gasteiger partial charge in [0.05, 0.1) is 12.2 Å². The number of nitrogens with zero attached hydrogens (tertiary/aromatic N) is 3. The van der Waals surface area contributed by atoms with Gasteiger partial charge in [0.25, 0.3) is 5.91 Å². The predicted octanol–water partition coefficient (Wildman–Crippen LogP) is 3.80. The molecule has 0 saturated carbocycles. The summed E-state index contributed by atoms with van der Waals surface area (Å²) in [5.41, 5.74) is 1.52. The standard InChI is InChI=1S/C19H18FN3O3/c1-12-8-10-25-16(12)19(24)23-9-2-3-14(11-23)18-21-17(22-26-18)13-4-6-15(20)7-5-13/h4-8,10,14H,2-3,9,11H2,1H3. The Morgan fingerprint density at radius 2 is 2.08 bits per heavy atom. The lowest BCUT2D eigenvalue weighted by molar-refractivity contribution is 0.0662. The minimum Gasteiger partial charge on any atom is -0.459 e. The van der Waals surface area contributed by atoms with Crippen molar-refractivity contribution in [3.05, 3.63) is 59.6 Å². The third kappa shape index (κ3) is 3.12. The van der Waals surface area contributed by atoms with E-state index in [9.17, 15) is 9.18 Å². The van der Waals surface area contributed by atoms with Crippen molar-refractivity contribution < 1.29 is 18.1 Å². The molecular formula is C19H18FN3O3. The summed E-state index contributed by atoms with van der Waals surface area (Å²) in [6.07, 6.45) is 3.24. The molecule has 6 nitrogen and oxygen atoms in total. The first-order valence-corrected chi connectivity index (χ1v) is 8.55. The molecule has 2 aromatic heterocycles. The van der Waals surface area contributed by atoms with Gasteiger partial charge < -0.3 is 13.8 Å². The van der Waals surface area contributed by atoms with Gasteiger partial charge in [0, 0.05) is 24.2 Å². The van der Waals surface area contributed by atoms with E-state index in [1.807, 2.05) is 6.92 Å². The van der Waals surface area contributed by atoms with Crippen LogP contribution >= 0.6 is 0 Å². The van der Waals surface area contributed by atoms with Crippen LogP contribution in [0.15, 0.2) is 45.5 Å². The first-order valence-electron chi connectivity index (χ1n) is 8.55. The van der Waals surface area contributed by atoms with Crippen molar-refractivity contribution in [2.24, 2.45) is 0 Å². The summed E-state index contributed by atoms with van der Waals surface area (Å²) in [5.74, 6) is 0.846. The van der Waals surface area contributed by atoms with Crippen molar-refractivity contribution in [2.75, 3.05) is 13.1 Å². The molecule has 134 valence electrons. The van der Waals surface area contributed by atoms with Crippen LogP contribution < -0.4 is 0 Å². The highest BCUT2D eigenvalue weighted by atomic mass is 19.1. The molecule has 1 amide bonds. The molecule has 1 fully saturated rings. The number of carbonyl (C=O) groups is 1. The maximum absolute atomic E-state index is 13.1. The molecule has 1 atom stereocenters. The largest absolute Gasteiger partial charge is 0.459 e. The molecule has 4 rings (SSSR count). The van der Waals surface area contributed by atoms with Gasteiger partial charge in [-0.25, -0.2) is 4.39 Å². The molecule has 1 unspecified atom stereocenters. The number of benzene rings is 1. The molecule has 0 radical (unpaired) electrons. The maximum atomic E-state index is 13.1. The Hall–Kier alpha value is -2.96. The second kappa shape index (κ2) is 6.74. The molecule has 0 spiro atoms. The second-order valence-electron chi connectivity index (χ2n) is 6.49. The summed E-state index contributed by atoms with van der Waals surface area (Å²) >= 11 is 0. The Morgan fingerprint density at radius 3 is 2.81 bits per heavy atom. The van der Waals surface area contributed by atoms with Gasteiger partial charge >= 0.3 is 0 Å². The third-order valence-electron chi connectivity index (χ3n) is 4.66. The Balaban J connectivity index is 1.51. The quantitative estimate of drug-likeness (QED) is 0.715. The lowest BCUT2D eigenvalue weighted by atomic mass is 9.97. The van der Waals surface area contributed by atoms with Crippen LogP contribution in [0.2, 0.25) is 0 Å². The molecule has 1 saturated heterocycles. The van der Waals surface area contributed by atoms with Gasteiger partial charge in [-0.1, -0.05) is 5.16 Å². The predicted molar refractivity (Wildman–Crippen MR) is 91.0 cm³/mol. The zero-order valence-corrected chi connectivity index (χ0v) is 14.3. The highest BCUT2D eigenvalue weighted by Gasteiger charge is 2.30. The summed E-state index contributed by atoms with van der Waals surface area (Å²) in [6.45, 7) is 3.03. The summed E-state index contributed by atoms with van der Waals surface area (Å²) in [6, 6.07) is 7.72. The lowest BCUT2D eigenvalue weighted by Crippen LogP contribution is -2.39. The van der Waals surface area contributed by atoms with Crippen molar-refractivity contribution in [3.8, 4) is 11.4 Å². The summed E-state index contributed by atoms with van der Waals surface area (Å²) in [4.78, 5) is 18.9. The number of carbonyl (C=O) groups excluding carboxylic acids is 1. The number of aromatic nitrogens is 2. The fraction of sp³-hybridized carbons (Fsp3) is 0.316. The SMILES string of the molecule is Cc1ccoc1C(=O)N1CCCC(c2nc(-c3ccc(F)cc3)no2)C1. The zero-order chi connectivity index (χ0) is 18.1. The van der Waals surface area contributed by atoms with E-state index < -0.39 is 0 Å². The lowest BCUT2D eigenvalue weighted by Gasteiger charge is -2.30. The molecule has 3 aromatic rings. The highest BCUT2D eigenvalue weighted by Crippen LogP contribution is 2.28. The molecule has 1 aliphatic heterocycles. The van der Waals surface area contributed by atoms with Crippen LogP contribution in [0, 0.1) is 12.7 Å². The Morgan fingerprint density at radius 1 is 1.27 bits per heavy atom. The van der Waals surface area contributed by atoms with Crippen LogP contribution in [-0.2, 0) is 0 Å². The fourth-order valence-corrected chi connectivity index (χ4v) is 3.22. The van der Waals surface area contributed by atoms with E-state index >= 15 is 0 Å². The number of furan rings is 1. The number of likely N-dealkylation sites (tertiary alicyclic amines) is 1. The van der Waals surface area contributed by atoms with Crippen molar-refractivity contribution >= 4 is 5.91 Å². The van der Waals surface area contributed by atoms with E-state index in [1.54, 1.807) is 23.1 Å². The molecule has 7 heteroatoms. The number of aryl methyl sites for hydroxylation is 1. The molecule has 1 aromatic carbocycles. The van der Waals surface area contributed by atoms with E-state index in [4.69, 9.17) is 8.94 Å². The number of piperidine rings is 1. The van der Waals surface area contributed by atoms with Crippen LogP contribution in [-0.4, -0.2) is 34.0 Å². The van der Waals surface area contributed by atoms with Crippen LogP contribution in [0.1, 0.15) is 40.8 Å². The second-order valence-corrected chi connectivity index (χ2v) is 6.49. The van der Waals surface area contributed by atoms with Crippen LogP contribution in [0.5, 0.6) is 0 Å². The smallest absolute Gasteiger partial charge is 0.289 e. The number of halogens is 1. The van der Waals surface area contributed by atoms with E-state index in [-0.39, 0.29) is 17.6 Å². The highest BCUT2D eigenvalue weighted by molar-refractivity contribution is 5.92. The Labute approximate surface area is 149 Å². The van der Waals surface area contributed by atoms with Crippen molar-refractivity contribution in [1.82, 2.24) is 15.0 Å². The van der Waals surface area contributed by atoms with Gasteiger partial charge in [0.15, 0.2) is 5.76 Å². The van der Waals surface area contributed by atoms with Crippen LogP contribution in [0.25, 0.3) is 11.4 Å². The summed E-state index contributed by atoms with van der Waals surface area (Å²) in [7, 11) is 0. The van der Waals surface area contributed by atoms with Crippen molar-refractivity contribution in [3.63, 3.8) is 0 Å². The van der Waals surface area contributed by atoms with Gasteiger partial charge in [-0.05, 0) is 50.1 Å². The van der Waals surface area contributed by atoms with Crippen molar-refractivity contribution in [2.45, 2.75) is 25.7 Å². The minimum absolute atomic E-state index is 0.0235. The molecule has 0 bridgehead atoms. The number of amides is 1. The van der Waals surface area contributed by atoms with E-state index in [0.717, 1.165) is 18.4 Å². The van der Waals surface area contributed by atoms with E-state index in [0.29, 0.717) is 36.1 Å². The molecule has 0 N–H and O–H groups in total. The zero-order valence-electron chi connectivity index (χ0n) is 14.3. The topological polar surface area (TPSA) is 72.4 Å². The van der Waals surface area contributed by atoms with Crippen LogP contribution in [0.4, 0.5) is 4.39 Å². The van der Waals surface area contributed by atoms with Crippen LogP contribution in [0.3, 0.4) is 0 Å². The van der Waals surface area contributed by atoms with Gasteiger partial charge in [-0.15, -0.1) is 0 Å². The number of rotatable bonds is 3. The van der Waals surface area contributed by atoms with Gasteiger partial charge in [-0.2, -0.15) is 4.98 Å². The monoisotopic (exact) mass is 355 g/mol. The fourth-order valence-electron chi connectivity index (χ4n) is 3.22. The summed E-state index contributed by atoms with van der Waals surface area (Å²) < 4.78 is 23.8. The maximum Gasteiger partial charge on any atom is 0.289 e. The average molecular weight is 355 g/mol. The molecule has 1 aliphatic rings. The number of hydrogen-bond acceptors (Lipinski definition) is 5. The van der Waals surface area contributed by atoms with Crippen molar-refractivity contribution in [1.29, 1.82) is 0 Å². The Kier molecular flexibility index (Phi) is 4.28. The third-order valence-corrected chi connectivity index (χ3v) is 4.66. The first-order chi connectivity index (χ1) is 12.6. The number of hydrogen-bond donors (Lipinski definition) is 0. The molecule has 26 heavy (non-hydrogen) atoms. The van der Waals surface area contributed by atoms with Gasteiger partial charge in [0.1, 0.15) is 5.82 Å². The summed E-state index contributed by atoms with van der Waals surface area (Å²) in [5, 5.41) is 3.99. The average Bonchev–Trinajstić information content (AvgIpc) is 3.31. The van der Waals surface area contributed by atoms with Gasteiger partial charge in [-0.3, -0.25) is 4.79 Å². The molecular weight excluding hydrogens is 337 g/mol.